The molecule has 8 heteroatoms. The molecule has 5 rings (SSSR count). The highest BCUT2D eigenvalue weighted by molar-refractivity contribution is 5.57. The number of fused-ring (bicyclic) bond motifs is 2. The van der Waals surface area contributed by atoms with Crippen molar-refractivity contribution in [3.63, 3.8) is 0 Å². The van der Waals surface area contributed by atoms with E-state index in [1.165, 1.54) is 18.1 Å². The van der Waals surface area contributed by atoms with E-state index in [1.807, 2.05) is 12.4 Å². The lowest BCUT2D eigenvalue weighted by molar-refractivity contribution is 0.614. The lowest BCUT2D eigenvalue weighted by Gasteiger charge is -2.36. The van der Waals surface area contributed by atoms with Crippen LogP contribution < -0.4 is 15.4 Å². The molecule has 136 valence electrons. The van der Waals surface area contributed by atoms with Gasteiger partial charge in [-0.1, -0.05) is 0 Å². The molecule has 0 saturated carbocycles. The number of pyridine rings is 1. The van der Waals surface area contributed by atoms with E-state index in [9.17, 15) is 4.79 Å². The minimum Gasteiger partial charge on any atom is -0.365 e. The van der Waals surface area contributed by atoms with Crippen LogP contribution in [0.5, 0.6) is 0 Å². The van der Waals surface area contributed by atoms with Gasteiger partial charge in [0.2, 0.25) is 5.95 Å². The van der Waals surface area contributed by atoms with Gasteiger partial charge in [0.1, 0.15) is 6.33 Å². The fourth-order valence-electron chi connectivity index (χ4n) is 4.12. The standard InChI is InChI=1S/C19H19N7O/c1-24-18(27)9-17(16-4-7-21-12-22-16)23-19(24)26-11-14-8-15(26)10-25(14)13-2-5-20-6-3-13/h2-7,9,12,14-15H,8,10-11H2,1H3. The van der Waals surface area contributed by atoms with Crippen molar-refractivity contribution in [2.24, 2.45) is 7.05 Å². The van der Waals surface area contributed by atoms with Crippen LogP contribution in [-0.4, -0.2) is 49.7 Å². The van der Waals surface area contributed by atoms with Gasteiger partial charge in [-0.15, -0.1) is 0 Å². The normalized spacial score (nSPS) is 21.1. The summed E-state index contributed by atoms with van der Waals surface area (Å²) in [5, 5.41) is 0. The minimum atomic E-state index is -0.0811. The molecule has 0 N–H and O–H groups in total. The zero-order valence-corrected chi connectivity index (χ0v) is 14.9. The van der Waals surface area contributed by atoms with Crippen molar-refractivity contribution < 1.29 is 0 Å². The summed E-state index contributed by atoms with van der Waals surface area (Å²) in [7, 11) is 1.78. The van der Waals surface area contributed by atoms with Crippen molar-refractivity contribution in [1.29, 1.82) is 0 Å². The summed E-state index contributed by atoms with van der Waals surface area (Å²) in [5.41, 5.74) is 2.37. The van der Waals surface area contributed by atoms with E-state index in [4.69, 9.17) is 4.98 Å². The van der Waals surface area contributed by atoms with E-state index in [-0.39, 0.29) is 5.56 Å². The van der Waals surface area contributed by atoms with E-state index in [0.29, 0.717) is 29.4 Å². The van der Waals surface area contributed by atoms with Gasteiger partial charge in [0.25, 0.3) is 5.56 Å². The Balaban J connectivity index is 1.47. The van der Waals surface area contributed by atoms with Crippen LogP contribution in [-0.2, 0) is 7.05 Å². The van der Waals surface area contributed by atoms with Crippen molar-refractivity contribution in [3.05, 3.63) is 59.5 Å². The fourth-order valence-corrected chi connectivity index (χ4v) is 4.12. The molecule has 2 aliphatic rings. The molecule has 2 saturated heterocycles. The van der Waals surface area contributed by atoms with Crippen molar-refractivity contribution in [2.75, 3.05) is 22.9 Å². The average Bonchev–Trinajstić information content (AvgIpc) is 3.32. The molecule has 0 aliphatic carbocycles. The molecule has 2 fully saturated rings. The molecule has 0 radical (unpaired) electrons. The molecule has 2 aliphatic heterocycles. The summed E-state index contributed by atoms with van der Waals surface area (Å²) in [6.45, 7) is 1.77. The molecule has 2 bridgehead atoms. The van der Waals surface area contributed by atoms with Gasteiger partial charge in [-0.3, -0.25) is 14.3 Å². The molecule has 8 nitrogen and oxygen atoms in total. The number of hydrogen-bond acceptors (Lipinski definition) is 7. The summed E-state index contributed by atoms with van der Waals surface area (Å²) in [5.74, 6) is 0.706. The predicted molar refractivity (Wildman–Crippen MR) is 102 cm³/mol. The quantitative estimate of drug-likeness (QED) is 0.691. The Morgan fingerprint density at radius 2 is 1.70 bits per heavy atom. The van der Waals surface area contributed by atoms with Crippen molar-refractivity contribution >= 4 is 11.6 Å². The van der Waals surface area contributed by atoms with Gasteiger partial charge in [-0.2, -0.15) is 0 Å². The second kappa shape index (κ2) is 6.15. The molecule has 2 atom stereocenters. The predicted octanol–water partition coefficient (Wildman–Crippen LogP) is 1.10. The first-order chi connectivity index (χ1) is 13.2. The molecule has 0 amide bonds. The monoisotopic (exact) mass is 361 g/mol. The average molecular weight is 361 g/mol. The maximum Gasteiger partial charge on any atom is 0.255 e. The smallest absolute Gasteiger partial charge is 0.255 e. The van der Waals surface area contributed by atoms with Crippen molar-refractivity contribution in [3.8, 4) is 11.4 Å². The van der Waals surface area contributed by atoms with Gasteiger partial charge in [-0.05, 0) is 24.6 Å². The molecule has 5 heterocycles. The third-order valence-electron chi connectivity index (χ3n) is 5.45. The Bertz CT molecular complexity index is 1020. The molecule has 3 aromatic heterocycles. The Kier molecular flexibility index (Phi) is 3.63. The Morgan fingerprint density at radius 3 is 2.41 bits per heavy atom. The first-order valence-corrected chi connectivity index (χ1v) is 8.98. The van der Waals surface area contributed by atoms with Gasteiger partial charge >= 0.3 is 0 Å². The van der Waals surface area contributed by atoms with Crippen LogP contribution in [0.3, 0.4) is 0 Å². The minimum absolute atomic E-state index is 0.0811. The fraction of sp³-hybridized carbons (Fsp3) is 0.316. The highest BCUT2D eigenvalue weighted by Crippen LogP contribution is 2.36. The third kappa shape index (κ3) is 2.64. The summed E-state index contributed by atoms with van der Waals surface area (Å²) in [6, 6.07) is 8.15. The van der Waals surface area contributed by atoms with Crippen LogP contribution in [0.1, 0.15) is 6.42 Å². The topological polar surface area (TPSA) is 80.0 Å². The zero-order valence-electron chi connectivity index (χ0n) is 14.9. The lowest BCUT2D eigenvalue weighted by Crippen LogP contribution is -2.48. The molecular weight excluding hydrogens is 342 g/mol. The van der Waals surface area contributed by atoms with E-state index in [2.05, 4.69) is 36.9 Å². The Morgan fingerprint density at radius 1 is 0.963 bits per heavy atom. The number of piperazine rings is 1. The SMILES string of the molecule is Cn1c(N2CC3CC2CN3c2ccncc2)nc(-c2ccncn2)cc1=O. The van der Waals surface area contributed by atoms with E-state index in [0.717, 1.165) is 19.5 Å². The molecule has 2 unspecified atom stereocenters. The molecule has 0 spiro atoms. The number of rotatable bonds is 3. The van der Waals surface area contributed by atoms with Crippen LogP contribution in [0.15, 0.2) is 54.0 Å². The second-order valence-electron chi connectivity index (χ2n) is 6.99. The lowest BCUT2D eigenvalue weighted by atomic mass is 10.2. The van der Waals surface area contributed by atoms with E-state index >= 15 is 0 Å². The van der Waals surface area contributed by atoms with Crippen LogP contribution in [0.2, 0.25) is 0 Å². The van der Waals surface area contributed by atoms with E-state index in [1.54, 1.807) is 23.9 Å². The van der Waals surface area contributed by atoms with Gasteiger partial charge in [0, 0.05) is 56.5 Å². The van der Waals surface area contributed by atoms with E-state index < -0.39 is 0 Å². The Hall–Kier alpha value is -3.29. The molecule has 3 aromatic rings. The number of anilines is 2. The number of nitrogens with zero attached hydrogens (tertiary/aromatic N) is 7. The van der Waals surface area contributed by atoms with Crippen LogP contribution in [0, 0.1) is 0 Å². The maximum absolute atomic E-state index is 12.5. The van der Waals surface area contributed by atoms with Crippen LogP contribution in [0.25, 0.3) is 11.4 Å². The highest BCUT2D eigenvalue weighted by Gasteiger charge is 2.44. The van der Waals surface area contributed by atoms with Gasteiger partial charge in [0.15, 0.2) is 0 Å². The Labute approximate surface area is 156 Å². The summed E-state index contributed by atoms with van der Waals surface area (Å²) in [4.78, 5) is 34.2. The van der Waals surface area contributed by atoms with Crippen LogP contribution in [0.4, 0.5) is 11.6 Å². The molecule has 0 aromatic carbocycles. The van der Waals surface area contributed by atoms with Crippen LogP contribution >= 0.6 is 0 Å². The third-order valence-corrected chi connectivity index (χ3v) is 5.45. The summed E-state index contributed by atoms with van der Waals surface area (Å²) in [6.07, 6.45) is 7.85. The van der Waals surface area contributed by atoms with Gasteiger partial charge in [0.05, 0.1) is 17.4 Å². The second-order valence-corrected chi connectivity index (χ2v) is 6.99. The number of aromatic nitrogens is 5. The van der Waals surface area contributed by atoms with Crippen molar-refractivity contribution in [2.45, 2.75) is 18.5 Å². The van der Waals surface area contributed by atoms with Gasteiger partial charge < -0.3 is 9.80 Å². The first kappa shape index (κ1) is 15.9. The highest BCUT2D eigenvalue weighted by atomic mass is 16.1. The molecular formula is C19H19N7O. The first-order valence-electron chi connectivity index (χ1n) is 8.98. The summed E-state index contributed by atoms with van der Waals surface area (Å²) < 4.78 is 1.63. The summed E-state index contributed by atoms with van der Waals surface area (Å²) >= 11 is 0. The number of hydrogen-bond donors (Lipinski definition) is 0. The molecule has 27 heavy (non-hydrogen) atoms. The maximum atomic E-state index is 12.5. The van der Waals surface area contributed by atoms with Gasteiger partial charge in [-0.25, -0.2) is 15.0 Å². The largest absolute Gasteiger partial charge is 0.365 e. The van der Waals surface area contributed by atoms with Crippen molar-refractivity contribution in [1.82, 2.24) is 24.5 Å². The zero-order chi connectivity index (χ0) is 18.4.